The van der Waals surface area contributed by atoms with Gasteiger partial charge in [0.1, 0.15) is 11.5 Å². The lowest BCUT2D eigenvalue weighted by Crippen LogP contribution is -2.24. The third-order valence-corrected chi connectivity index (χ3v) is 4.33. The number of ether oxygens (including phenoxy) is 4. The molecule has 0 aliphatic carbocycles. The number of Topliss-reactive ketones (excluding diaryl/α,β-unsaturated/α-hetero) is 1. The summed E-state index contributed by atoms with van der Waals surface area (Å²) < 4.78 is 23.5. The van der Waals surface area contributed by atoms with Crippen LogP contribution in [0, 0.1) is 11.8 Å². The molecule has 0 unspecified atom stereocenters. The van der Waals surface area contributed by atoms with Crippen LogP contribution in [0.4, 0.5) is 0 Å². The van der Waals surface area contributed by atoms with Crippen molar-refractivity contribution in [1.29, 1.82) is 0 Å². The second kappa shape index (κ2) is 17.6. The topological polar surface area (TPSA) is 114 Å². The highest BCUT2D eigenvalue weighted by Gasteiger charge is 2.10. The summed E-state index contributed by atoms with van der Waals surface area (Å²) in [6.45, 7) is 13.2. The molecule has 1 rings (SSSR count). The van der Waals surface area contributed by atoms with Crippen molar-refractivity contribution in [2.45, 2.75) is 53.6 Å². The van der Waals surface area contributed by atoms with Crippen LogP contribution in [0.3, 0.4) is 0 Å². The summed E-state index contributed by atoms with van der Waals surface area (Å²) in [4.78, 5) is 23.4. The molecule has 0 saturated heterocycles. The lowest BCUT2D eigenvalue weighted by molar-refractivity contribution is -0.126. The second-order valence-electron chi connectivity index (χ2n) is 8.18. The molecule has 184 valence electrons. The molecule has 0 saturated carbocycles. The largest absolute Gasteiger partial charge is 0.379 e. The molecule has 0 aliphatic heterocycles. The van der Waals surface area contributed by atoms with E-state index in [1.165, 1.54) is 0 Å². The number of carbonyl (C=O) groups is 2. The normalized spacial score (nSPS) is 11.4. The van der Waals surface area contributed by atoms with Crippen LogP contribution in [0.5, 0.6) is 0 Å². The Kier molecular flexibility index (Phi) is 15.5. The van der Waals surface area contributed by atoms with Crippen LogP contribution in [0.2, 0.25) is 0 Å². The van der Waals surface area contributed by atoms with Gasteiger partial charge >= 0.3 is 0 Å². The Morgan fingerprint density at radius 1 is 0.906 bits per heavy atom. The third kappa shape index (κ3) is 15.0. The maximum absolute atomic E-state index is 11.8. The molecule has 10 nitrogen and oxygen atoms in total. The van der Waals surface area contributed by atoms with E-state index in [2.05, 4.69) is 29.5 Å². The van der Waals surface area contributed by atoms with Crippen molar-refractivity contribution in [1.82, 2.24) is 20.3 Å². The van der Waals surface area contributed by atoms with Gasteiger partial charge in [-0.3, -0.25) is 9.59 Å². The van der Waals surface area contributed by atoms with Crippen LogP contribution in [0.15, 0.2) is 6.20 Å². The van der Waals surface area contributed by atoms with Gasteiger partial charge in [-0.25, -0.2) is 4.68 Å². The van der Waals surface area contributed by atoms with E-state index in [4.69, 9.17) is 18.9 Å². The Morgan fingerprint density at radius 2 is 1.50 bits per heavy atom. The van der Waals surface area contributed by atoms with E-state index < -0.39 is 0 Å². The first-order valence-electron chi connectivity index (χ1n) is 11.4. The number of nitrogens with one attached hydrogen (secondary N) is 1. The van der Waals surface area contributed by atoms with Crippen LogP contribution in [0.25, 0.3) is 0 Å². The Morgan fingerprint density at radius 3 is 2.09 bits per heavy atom. The molecule has 0 bridgehead atoms. The zero-order chi connectivity index (χ0) is 23.6. The van der Waals surface area contributed by atoms with Gasteiger partial charge in [-0.1, -0.05) is 32.9 Å². The van der Waals surface area contributed by atoms with E-state index in [1.54, 1.807) is 10.9 Å². The molecule has 0 aliphatic rings. The molecule has 10 heteroatoms. The van der Waals surface area contributed by atoms with Gasteiger partial charge in [-0.05, 0) is 5.92 Å². The first kappa shape index (κ1) is 28.2. The zero-order valence-corrected chi connectivity index (χ0v) is 20.0. The number of rotatable bonds is 20. The highest BCUT2D eigenvalue weighted by Crippen LogP contribution is 2.02. The van der Waals surface area contributed by atoms with Crippen LogP contribution >= 0.6 is 0 Å². The van der Waals surface area contributed by atoms with E-state index in [-0.39, 0.29) is 37.0 Å². The molecule has 0 aromatic carbocycles. The number of amides is 1. The summed E-state index contributed by atoms with van der Waals surface area (Å²) in [7, 11) is 0. The number of hydrogen-bond acceptors (Lipinski definition) is 8. The maximum atomic E-state index is 11.8. The van der Waals surface area contributed by atoms with Crippen molar-refractivity contribution in [3.05, 3.63) is 11.9 Å². The Labute approximate surface area is 191 Å². The van der Waals surface area contributed by atoms with Crippen molar-refractivity contribution in [2.24, 2.45) is 11.8 Å². The molecule has 0 fully saturated rings. The van der Waals surface area contributed by atoms with Gasteiger partial charge < -0.3 is 24.3 Å². The predicted molar refractivity (Wildman–Crippen MR) is 119 cm³/mol. The van der Waals surface area contributed by atoms with Gasteiger partial charge in [-0.15, -0.1) is 5.10 Å². The molecule has 0 atom stereocenters. The molecule has 0 spiro atoms. The highest BCUT2D eigenvalue weighted by atomic mass is 16.6. The number of hydrogen-bond donors (Lipinski definition) is 1. The van der Waals surface area contributed by atoms with Crippen LogP contribution in [-0.4, -0.2) is 79.5 Å². The first-order chi connectivity index (χ1) is 15.4. The standard InChI is InChI=1S/C22H40N4O6/c1-18(2)17-32-14-13-31-12-11-30-10-9-29-8-7-26-16-20(24-25-26)15-23-22(28)6-5-21(27)19(3)4/h16,18-19H,5-15,17H2,1-4H3,(H,23,28). The molecule has 0 radical (unpaired) electrons. The van der Waals surface area contributed by atoms with Gasteiger partial charge in [-0.2, -0.15) is 0 Å². The smallest absolute Gasteiger partial charge is 0.220 e. The first-order valence-corrected chi connectivity index (χ1v) is 11.4. The summed E-state index contributed by atoms with van der Waals surface area (Å²) in [5, 5.41) is 10.8. The molecule has 1 aromatic heterocycles. The molecular formula is C22H40N4O6. The van der Waals surface area contributed by atoms with Crippen LogP contribution in [0.1, 0.15) is 46.2 Å². The number of carbonyl (C=O) groups excluding carboxylic acids is 2. The quantitative estimate of drug-likeness (QED) is 0.295. The van der Waals surface area contributed by atoms with Gasteiger partial charge in [0.2, 0.25) is 5.91 Å². The van der Waals surface area contributed by atoms with Gasteiger partial charge in [0.05, 0.1) is 65.5 Å². The molecule has 1 aromatic rings. The Balaban J connectivity index is 1.96. The van der Waals surface area contributed by atoms with Gasteiger partial charge in [0.25, 0.3) is 0 Å². The van der Waals surface area contributed by atoms with E-state index in [0.29, 0.717) is 64.4 Å². The molecule has 1 heterocycles. The van der Waals surface area contributed by atoms with Crippen LogP contribution in [-0.2, 0) is 41.6 Å². The summed E-state index contributed by atoms with van der Waals surface area (Å²) >= 11 is 0. The summed E-state index contributed by atoms with van der Waals surface area (Å²) in [6.07, 6.45) is 2.22. The van der Waals surface area contributed by atoms with Crippen molar-refractivity contribution in [3.8, 4) is 0 Å². The summed E-state index contributed by atoms with van der Waals surface area (Å²) in [6, 6.07) is 0. The second-order valence-corrected chi connectivity index (χ2v) is 8.18. The molecule has 32 heavy (non-hydrogen) atoms. The van der Waals surface area contributed by atoms with Gasteiger partial charge in [0.15, 0.2) is 0 Å². The van der Waals surface area contributed by atoms with Crippen molar-refractivity contribution < 1.29 is 28.5 Å². The predicted octanol–water partition coefficient (Wildman–Crippen LogP) is 1.62. The Bertz CT molecular complexity index is 636. The van der Waals surface area contributed by atoms with Crippen molar-refractivity contribution in [2.75, 3.05) is 52.9 Å². The number of nitrogens with zero attached hydrogens (tertiary/aromatic N) is 3. The average Bonchev–Trinajstić information content (AvgIpc) is 3.21. The number of aromatic nitrogens is 3. The average molecular weight is 457 g/mol. The molecule has 1 amide bonds. The lowest BCUT2D eigenvalue weighted by Gasteiger charge is -2.08. The van der Waals surface area contributed by atoms with E-state index >= 15 is 0 Å². The maximum Gasteiger partial charge on any atom is 0.220 e. The minimum Gasteiger partial charge on any atom is -0.379 e. The van der Waals surface area contributed by atoms with Crippen molar-refractivity contribution >= 4 is 11.7 Å². The van der Waals surface area contributed by atoms with Crippen LogP contribution < -0.4 is 5.32 Å². The minimum absolute atomic E-state index is 0.0460. The molecule has 1 N–H and O–H groups in total. The van der Waals surface area contributed by atoms with Crippen molar-refractivity contribution in [3.63, 3.8) is 0 Å². The fraction of sp³-hybridized carbons (Fsp3) is 0.818. The molecular weight excluding hydrogens is 416 g/mol. The summed E-state index contributed by atoms with van der Waals surface area (Å²) in [5.41, 5.74) is 0.659. The van der Waals surface area contributed by atoms with E-state index in [0.717, 1.165) is 6.61 Å². The SMILES string of the molecule is CC(C)COCCOCCOCCOCCn1cc(CNC(=O)CCC(=O)C(C)C)nn1. The Hall–Kier alpha value is -1.88. The highest BCUT2D eigenvalue weighted by molar-refractivity contribution is 5.85. The fourth-order valence-electron chi connectivity index (χ4n) is 2.47. The fourth-order valence-corrected chi connectivity index (χ4v) is 2.47. The van der Waals surface area contributed by atoms with Gasteiger partial charge in [0, 0.05) is 25.4 Å². The minimum atomic E-state index is -0.165. The third-order valence-electron chi connectivity index (χ3n) is 4.33. The zero-order valence-electron chi connectivity index (χ0n) is 20.0. The summed E-state index contributed by atoms with van der Waals surface area (Å²) in [5.74, 6) is 0.417. The lowest BCUT2D eigenvalue weighted by atomic mass is 10.0. The van der Waals surface area contributed by atoms with E-state index in [1.807, 2.05) is 13.8 Å². The van der Waals surface area contributed by atoms with E-state index in [9.17, 15) is 9.59 Å². The monoisotopic (exact) mass is 456 g/mol. The number of ketones is 1.